The molecule has 4 saturated carbocycles. The highest BCUT2D eigenvalue weighted by atomic mass is 16.3. The number of carbonyl (C=O) groups is 1. The third-order valence-corrected chi connectivity index (χ3v) is 7.70. The van der Waals surface area contributed by atoms with E-state index in [0.717, 1.165) is 45.2 Å². The number of amides is 1. The van der Waals surface area contributed by atoms with Gasteiger partial charge in [0.15, 0.2) is 0 Å². The molecule has 1 amide bonds. The number of hydrogen-bond acceptors (Lipinski definition) is 4. The molecule has 5 heteroatoms. The smallest absolute Gasteiger partial charge is 0.234 e. The van der Waals surface area contributed by atoms with Gasteiger partial charge in [0.05, 0.1) is 12.1 Å². The molecular formula is C20H35N3O2. The first kappa shape index (κ1) is 17.7. The largest absolute Gasteiger partial charge is 0.390 e. The Labute approximate surface area is 151 Å². The third-order valence-electron chi connectivity index (χ3n) is 7.70. The highest BCUT2D eigenvalue weighted by molar-refractivity contribution is 5.78. The molecule has 0 aromatic rings. The number of hydrogen-bond donors (Lipinski definition) is 3. The van der Waals surface area contributed by atoms with Gasteiger partial charge in [0.1, 0.15) is 0 Å². The Hall–Kier alpha value is -0.650. The Balaban J connectivity index is 1.35. The Morgan fingerprint density at radius 3 is 2.48 bits per heavy atom. The van der Waals surface area contributed by atoms with Gasteiger partial charge in [-0.05, 0) is 95.7 Å². The van der Waals surface area contributed by atoms with E-state index >= 15 is 0 Å². The van der Waals surface area contributed by atoms with E-state index in [2.05, 4.69) is 29.5 Å². The lowest BCUT2D eigenvalue weighted by Crippen LogP contribution is -2.62. The fourth-order valence-corrected chi connectivity index (χ4v) is 6.83. The van der Waals surface area contributed by atoms with Crippen LogP contribution in [0.25, 0.3) is 0 Å². The van der Waals surface area contributed by atoms with Crippen LogP contribution in [-0.4, -0.2) is 60.3 Å². The second kappa shape index (κ2) is 6.50. The second-order valence-corrected chi connectivity index (χ2v) is 9.73. The van der Waals surface area contributed by atoms with E-state index in [1.165, 1.54) is 19.3 Å². The van der Waals surface area contributed by atoms with Crippen molar-refractivity contribution in [2.45, 2.75) is 76.0 Å². The van der Waals surface area contributed by atoms with E-state index in [1.54, 1.807) is 0 Å². The molecule has 1 saturated heterocycles. The van der Waals surface area contributed by atoms with Crippen LogP contribution in [-0.2, 0) is 4.79 Å². The normalized spacial score (nSPS) is 41.9. The van der Waals surface area contributed by atoms with Crippen LogP contribution in [0.5, 0.6) is 0 Å². The number of nitrogens with zero attached hydrogens (tertiary/aromatic N) is 1. The van der Waals surface area contributed by atoms with E-state index in [0.29, 0.717) is 24.4 Å². The molecule has 4 bridgehead atoms. The van der Waals surface area contributed by atoms with E-state index < -0.39 is 5.60 Å². The summed E-state index contributed by atoms with van der Waals surface area (Å²) in [5.41, 5.74) is -0.323. The highest BCUT2D eigenvalue weighted by Crippen LogP contribution is 2.62. The molecule has 1 heterocycles. The van der Waals surface area contributed by atoms with Gasteiger partial charge >= 0.3 is 0 Å². The third kappa shape index (κ3) is 3.47. The quantitative estimate of drug-likeness (QED) is 0.704. The lowest BCUT2D eigenvalue weighted by atomic mass is 9.46. The number of aliphatic hydroxyl groups is 1. The molecule has 4 aliphatic carbocycles. The van der Waals surface area contributed by atoms with Gasteiger partial charge in [-0.15, -0.1) is 0 Å². The maximum atomic E-state index is 12.6. The SMILES string of the molecule is C[C@H](NC(=O)CN(C)C1CCNCC1)C12C[C@H]3C[C@@H](CC(O)(C3)C1)C2. The van der Waals surface area contributed by atoms with Crippen LogP contribution in [0.2, 0.25) is 0 Å². The van der Waals surface area contributed by atoms with Crippen molar-refractivity contribution in [2.75, 3.05) is 26.7 Å². The van der Waals surface area contributed by atoms with Crippen LogP contribution in [0.1, 0.15) is 58.3 Å². The van der Waals surface area contributed by atoms with Crippen molar-refractivity contribution in [3.63, 3.8) is 0 Å². The topological polar surface area (TPSA) is 64.6 Å². The molecule has 0 radical (unpaired) electrons. The zero-order valence-electron chi connectivity index (χ0n) is 15.9. The summed E-state index contributed by atoms with van der Waals surface area (Å²) in [6, 6.07) is 0.682. The molecule has 5 rings (SSSR count). The summed E-state index contributed by atoms with van der Waals surface area (Å²) in [6.45, 7) is 4.77. The summed E-state index contributed by atoms with van der Waals surface area (Å²) in [7, 11) is 2.08. The van der Waals surface area contributed by atoms with Gasteiger partial charge in [0.25, 0.3) is 0 Å². The average molecular weight is 350 g/mol. The van der Waals surface area contributed by atoms with Crippen molar-refractivity contribution >= 4 is 5.91 Å². The van der Waals surface area contributed by atoms with Crippen LogP contribution >= 0.6 is 0 Å². The van der Waals surface area contributed by atoms with Crippen LogP contribution in [0.4, 0.5) is 0 Å². The van der Waals surface area contributed by atoms with E-state index in [9.17, 15) is 9.90 Å². The first-order valence-electron chi connectivity index (χ1n) is 10.3. The van der Waals surface area contributed by atoms with Crippen LogP contribution in [0.15, 0.2) is 0 Å². The van der Waals surface area contributed by atoms with Gasteiger partial charge in [-0.25, -0.2) is 0 Å². The van der Waals surface area contributed by atoms with Gasteiger partial charge < -0.3 is 15.7 Å². The number of carbonyl (C=O) groups excluding carboxylic acids is 1. The van der Waals surface area contributed by atoms with Crippen molar-refractivity contribution in [2.24, 2.45) is 17.3 Å². The lowest BCUT2D eigenvalue weighted by molar-refractivity contribution is -0.173. The van der Waals surface area contributed by atoms with Crippen LogP contribution in [0, 0.1) is 17.3 Å². The number of nitrogens with one attached hydrogen (secondary N) is 2. The fourth-order valence-electron chi connectivity index (χ4n) is 6.83. The fraction of sp³-hybridized carbons (Fsp3) is 0.950. The minimum absolute atomic E-state index is 0.127. The van der Waals surface area contributed by atoms with Gasteiger partial charge in [0.2, 0.25) is 5.91 Å². The lowest BCUT2D eigenvalue weighted by Gasteiger charge is -2.62. The van der Waals surface area contributed by atoms with Crippen molar-refractivity contribution < 1.29 is 9.90 Å². The van der Waals surface area contributed by atoms with E-state index in [-0.39, 0.29) is 17.4 Å². The molecule has 0 spiro atoms. The minimum atomic E-state index is -0.449. The van der Waals surface area contributed by atoms with Crippen molar-refractivity contribution in [1.82, 2.24) is 15.5 Å². The standard InChI is InChI=1S/C20H35N3O2/c1-14(22-18(24)12-23(2)17-3-5-21-6-4-17)19-8-15-7-16(9-19)11-20(25,10-15)13-19/h14-17,21,25H,3-13H2,1-2H3,(H,22,24)/t14-,15+,16+,19?,20?/m0/s1. The van der Waals surface area contributed by atoms with Gasteiger partial charge in [-0.2, -0.15) is 0 Å². The first-order chi connectivity index (χ1) is 11.9. The summed E-state index contributed by atoms with van der Waals surface area (Å²) < 4.78 is 0. The molecule has 3 atom stereocenters. The van der Waals surface area contributed by atoms with Gasteiger partial charge in [-0.1, -0.05) is 0 Å². The Morgan fingerprint density at radius 1 is 1.24 bits per heavy atom. The van der Waals surface area contributed by atoms with Gasteiger partial charge in [-0.3, -0.25) is 9.69 Å². The number of rotatable bonds is 5. The molecule has 5 nitrogen and oxygen atoms in total. The highest BCUT2D eigenvalue weighted by Gasteiger charge is 2.59. The summed E-state index contributed by atoms with van der Waals surface area (Å²) >= 11 is 0. The molecule has 25 heavy (non-hydrogen) atoms. The Kier molecular flexibility index (Phi) is 4.62. The molecule has 0 aromatic heterocycles. The average Bonchev–Trinajstić information content (AvgIpc) is 2.53. The molecule has 5 fully saturated rings. The van der Waals surface area contributed by atoms with E-state index in [1.807, 2.05) is 0 Å². The van der Waals surface area contributed by atoms with Crippen molar-refractivity contribution in [1.29, 1.82) is 0 Å². The number of likely N-dealkylation sites (N-methyl/N-ethyl adjacent to an activating group) is 1. The zero-order valence-corrected chi connectivity index (χ0v) is 15.9. The van der Waals surface area contributed by atoms with E-state index in [4.69, 9.17) is 0 Å². The first-order valence-corrected chi connectivity index (χ1v) is 10.3. The summed E-state index contributed by atoms with van der Waals surface area (Å²) in [6.07, 6.45) is 8.80. The molecule has 0 unspecified atom stereocenters. The van der Waals surface area contributed by atoms with Crippen LogP contribution in [0.3, 0.4) is 0 Å². The molecule has 142 valence electrons. The minimum Gasteiger partial charge on any atom is -0.390 e. The Bertz CT molecular complexity index is 503. The molecule has 1 aliphatic heterocycles. The maximum Gasteiger partial charge on any atom is 0.234 e. The molecule has 5 aliphatic rings. The van der Waals surface area contributed by atoms with Gasteiger partial charge in [0, 0.05) is 12.1 Å². The van der Waals surface area contributed by atoms with Crippen molar-refractivity contribution in [3.8, 4) is 0 Å². The molecule has 3 N–H and O–H groups in total. The molecule has 0 aromatic carbocycles. The molecular weight excluding hydrogens is 314 g/mol. The number of piperidine rings is 1. The summed E-state index contributed by atoms with van der Waals surface area (Å²) in [5, 5.41) is 17.6. The maximum absolute atomic E-state index is 12.6. The summed E-state index contributed by atoms with van der Waals surface area (Å²) in [4.78, 5) is 14.9. The zero-order chi connectivity index (χ0) is 17.7. The summed E-state index contributed by atoms with van der Waals surface area (Å²) in [5.74, 6) is 1.49. The predicted molar refractivity (Wildman–Crippen MR) is 98.2 cm³/mol. The Morgan fingerprint density at radius 2 is 1.88 bits per heavy atom. The second-order valence-electron chi connectivity index (χ2n) is 9.73. The predicted octanol–water partition coefficient (Wildman–Crippen LogP) is 1.51. The monoisotopic (exact) mass is 349 g/mol. The van der Waals surface area contributed by atoms with Crippen LogP contribution < -0.4 is 10.6 Å². The van der Waals surface area contributed by atoms with Crippen molar-refractivity contribution in [3.05, 3.63) is 0 Å².